The first-order valence-electron chi connectivity index (χ1n) is 11.0. The molecular formula is C25H29N5OS. The van der Waals surface area contributed by atoms with Crippen LogP contribution in [0.3, 0.4) is 0 Å². The van der Waals surface area contributed by atoms with E-state index in [1.165, 1.54) is 0 Å². The second-order valence-corrected chi connectivity index (χ2v) is 8.80. The van der Waals surface area contributed by atoms with Crippen molar-refractivity contribution in [3.05, 3.63) is 83.9 Å². The van der Waals surface area contributed by atoms with Crippen LogP contribution in [0.1, 0.15) is 55.3 Å². The maximum Gasteiger partial charge on any atom is 0.226 e. The molecule has 2 aromatic heterocycles. The number of anilines is 1. The van der Waals surface area contributed by atoms with Gasteiger partial charge in [-0.1, -0.05) is 23.8 Å². The lowest BCUT2D eigenvalue weighted by atomic mass is 10.0. The van der Waals surface area contributed by atoms with Crippen LogP contribution in [0, 0.1) is 6.92 Å². The number of aryl methyl sites for hydroxylation is 1. The van der Waals surface area contributed by atoms with Crippen molar-refractivity contribution >= 4 is 28.9 Å². The first-order chi connectivity index (χ1) is 15.4. The number of nitrogens with zero attached hydrogens (tertiary/aromatic N) is 3. The van der Waals surface area contributed by atoms with Gasteiger partial charge in [0.1, 0.15) is 0 Å². The van der Waals surface area contributed by atoms with Crippen molar-refractivity contribution in [2.45, 2.75) is 45.3 Å². The summed E-state index contributed by atoms with van der Waals surface area (Å²) < 4.78 is 2.26. The van der Waals surface area contributed by atoms with Crippen molar-refractivity contribution in [3.8, 4) is 0 Å². The average molecular weight is 448 g/mol. The molecule has 2 N–H and O–H groups in total. The monoisotopic (exact) mass is 447 g/mol. The molecule has 0 aliphatic carbocycles. The number of nitrogens with one attached hydrogen (secondary N) is 2. The molecule has 1 amide bonds. The third-order valence-electron chi connectivity index (χ3n) is 5.78. The summed E-state index contributed by atoms with van der Waals surface area (Å²) in [5, 5.41) is 7.08. The Balaban J connectivity index is 1.56. The van der Waals surface area contributed by atoms with Crippen LogP contribution < -0.4 is 10.6 Å². The van der Waals surface area contributed by atoms with Gasteiger partial charge in [0.15, 0.2) is 5.11 Å². The predicted octanol–water partition coefficient (Wildman–Crippen LogP) is 4.77. The molecule has 166 valence electrons. The fourth-order valence-electron chi connectivity index (χ4n) is 4.18. The highest BCUT2D eigenvalue weighted by Crippen LogP contribution is 2.39. The van der Waals surface area contributed by atoms with Gasteiger partial charge in [0, 0.05) is 42.8 Å². The summed E-state index contributed by atoms with van der Waals surface area (Å²) in [6, 6.07) is 18.1. The number of hydrogen-bond acceptors (Lipinski definition) is 3. The molecule has 1 aliphatic rings. The smallest absolute Gasteiger partial charge is 0.226 e. The van der Waals surface area contributed by atoms with E-state index in [0.29, 0.717) is 24.1 Å². The lowest BCUT2D eigenvalue weighted by Crippen LogP contribution is -2.33. The van der Waals surface area contributed by atoms with Crippen LogP contribution in [0.15, 0.2) is 67.0 Å². The Labute approximate surface area is 194 Å². The quantitative estimate of drug-likeness (QED) is 0.511. The second kappa shape index (κ2) is 9.53. The minimum absolute atomic E-state index is 0.0315. The highest BCUT2D eigenvalue weighted by Gasteiger charge is 2.41. The number of aromatic nitrogens is 2. The molecule has 6 nitrogen and oxygen atoms in total. The normalized spacial score (nSPS) is 18.1. The van der Waals surface area contributed by atoms with Crippen LogP contribution in [0.5, 0.6) is 0 Å². The molecule has 1 aliphatic heterocycles. The lowest BCUT2D eigenvalue weighted by Gasteiger charge is -2.29. The number of carbonyl (C=O) groups excluding carboxylic acids is 1. The molecule has 3 aromatic rings. The van der Waals surface area contributed by atoms with E-state index in [2.05, 4.69) is 57.3 Å². The standard InChI is InChI=1S/C25H29N5OS/c1-17(2)29-15-6-8-21(29)24-23(20-7-4-5-14-26-20)28-25(32)30(24)16-13-22(31)27-19-11-9-18(3)10-12-19/h4-12,14-15,17,23-24H,13,16H2,1-3H3,(H,27,31)(H,28,32)/t23-,24-/m0/s1. The van der Waals surface area contributed by atoms with Gasteiger partial charge in [-0.3, -0.25) is 9.78 Å². The van der Waals surface area contributed by atoms with Gasteiger partial charge in [-0.15, -0.1) is 0 Å². The van der Waals surface area contributed by atoms with Crippen molar-refractivity contribution < 1.29 is 4.79 Å². The van der Waals surface area contributed by atoms with E-state index in [1.807, 2.05) is 49.4 Å². The maximum absolute atomic E-state index is 12.7. The summed E-state index contributed by atoms with van der Waals surface area (Å²) in [6.07, 6.45) is 4.24. The van der Waals surface area contributed by atoms with Gasteiger partial charge in [-0.2, -0.15) is 0 Å². The highest BCUT2D eigenvalue weighted by molar-refractivity contribution is 7.80. The molecule has 2 atom stereocenters. The van der Waals surface area contributed by atoms with E-state index in [1.54, 1.807) is 6.20 Å². The van der Waals surface area contributed by atoms with Crippen molar-refractivity contribution in [1.82, 2.24) is 19.8 Å². The van der Waals surface area contributed by atoms with Crippen LogP contribution in [-0.2, 0) is 4.79 Å². The van der Waals surface area contributed by atoms with Crippen LogP contribution >= 0.6 is 12.2 Å². The molecule has 0 bridgehead atoms. The summed E-state index contributed by atoms with van der Waals surface area (Å²) in [6.45, 7) is 6.87. The molecule has 0 radical (unpaired) electrons. The second-order valence-electron chi connectivity index (χ2n) is 8.42. The Morgan fingerprint density at radius 3 is 2.62 bits per heavy atom. The third-order valence-corrected chi connectivity index (χ3v) is 6.14. The molecule has 0 unspecified atom stereocenters. The van der Waals surface area contributed by atoms with Gasteiger partial charge in [-0.25, -0.2) is 0 Å². The molecule has 1 fully saturated rings. The summed E-state index contributed by atoms with van der Waals surface area (Å²) in [7, 11) is 0. The van der Waals surface area contributed by atoms with E-state index in [0.717, 1.165) is 22.6 Å². The molecular weight excluding hydrogens is 418 g/mol. The minimum Gasteiger partial charge on any atom is -0.352 e. The van der Waals surface area contributed by atoms with Crippen molar-refractivity contribution in [3.63, 3.8) is 0 Å². The van der Waals surface area contributed by atoms with Crippen LogP contribution in [0.4, 0.5) is 5.69 Å². The van der Waals surface area contributed by atoms with Crippen LogP contribution in [-0.4, -0.2) is 32.0 Å². The molecule has 0 saturated carbocycles. The van der Waals surface area contributed by atoms with Gasteiger partial charge in [0.2, 0.25) is 5.91 Å². The summed E-state index contributed by atoms with van der Waals surface area (Å²) in [5.41, 5.74) is 4.05. The molecule has 1 aromatic carbocycles. The van der Waals surface area contributed by atoms with E-state index in [4.69, 9.17) is 12.2 Å². The number of carbonyl (C=O) groups is 1. The number of pyridine rings is 1. The highest BCUT2D eigenvalue weighted by atomic mass is 32.1. The number of rotatable bonds is 7. The zero-order chi connectivity index (χ0) is 22.7. The Bertz CT molecular complexity index is 1080. The van der Waals surface area contributed by atoms with Crippen LogP contribution in [0.2, 0.25) is 0 Å². The lowest BCUT2D eigenvalue weighted by molar-refractivity contribution is -0.116. The summed E-state index contributed by atoms with van der Waals surface area (Å²) in [4.78, 5) is 19.4. The van der Waals surface area contributed by atoms with E-state index < -0.39 is 0 Å². The van der Waals surface area contributed by atoms with Gasteiger partial charge < -0.3 is 20.1 Å². The van der Waals surface area contributed by atoms with E-state index in [-0.39, 0.29) is 18.0 Å². The molecule has 32 heavy (non-hydrogen) atoms. The van der Waals surface area contributed by atoms with Crippen molar-refractivity contribution in [2.24, 2.45) is 0 Å². The van der Waals surface area contributed by atoms with Gasteiger partial charge in [0.25, 0.3) is 0 Å². The molecule has 0 spiro atoms. The van der Waals surface area contributed by atoms with Gasteiger partial charge in [-0.05, 0) is 69.4 Å². The van der Waals surface area contributed by atoms with Gasteiger partial charge in [0.05, 0.1) is 17.8 Å². The summed E-state index contributed by atoms with van der Waals surface area (Å²) in [5.74, 6) is -0.0315. The van der Waals surface area contributed by atoms with Crippen molar-refractivity contribution in [1.29, 1.82) is 0 Å². The van der Waals surface area contributed by atoms with Crippen molar-refractivity contribution in [2.75, 3.05) is 11.9 Å². The zero-order valence-electron chi connectivity index (χ0n) is 18.7. The largest absolute Gasteiger partial charge is 0.352 e. The first-order valence-corrected chi connectivity index (χ1v) is 11.4. The third kappa shape index (κ3) is 4.67. The molecule has 7 heteroatoms. The number of benzene rings is 1. The average Bonchev–Trinajstić information content (AvgIpc) is 3.39. The Morgan fingerprint density at radius 2 is 1.94 bits per heavy atom. The van der Waals surface area contributed by atoms with E-state index >= 15 is 0 Å². The predicted molar refractivity (Wildman–Crippen MR) is 131 cm³/mol. The Morgan fingerprint density at radius 1 is 1.16 bits per heavy atom. The van der Waals surface area contributed by atoms with E-state index in [9.17, 15) is 4.79 Å². The molecule has 1 saturated heterocycles. The molecule has 4 rings (SSSR count). The number of hydrogen-bond donors (Lipinski definition) is 2. The topological polar surface area (TPSA) is 62.2 Å². The van der Waals surface area contributed by atoms with Crippen LogP contribution in [0.25, 0.3) is 0 Å². The summed E-state index contributed by atoms with van der Waals surface area (Å²) >= 11 is 5.72. The molecule has 3 heterocycles. The fraction of sp³-hybridized carbons (Fsp3) is 0.320. The number of thiocarbonyl (C=S) groups is 1. The SMILES string of the molecule is Cc1ccc(NC(=O)CCN2C(=S)N[C@@H](c3ccccn3)[C@@H]2c2cccn2C(C)C)cc1. The first kappa shape index (κ1) is 22.0. The zero-order valence-corrected chi connectivity index (χ0v) is 19.5. The Hall–Kier alpha value is -3.19. The minimum atomic E-state index is -0.0868. The maximum atomic E-state index is 12.7. The Kier molecular flexibility index (Phi) is 6.55. The number of amides is 1. The fourth-order valence-corrected chi connectivity index (χ4v) is 4.51. The van der Waals surface area contributed by atoms with Gasteiger partial charge >= 0.3 is 0 Å².